The van der Waals surface area contributed by atoms with Gasteiger partial charge in [0.1, 0.15) is 0 Å². The lowest BCUT2D eigenvalue weighted by Crippen LogP contribution is -1.88. The Labute approximate surface area is 94.1 Å². The van der Waals surface area contributed by atoms with Gasteiger partial charge in [0.05, 0.1) is 6.20 Å². The number of rotatable bonds is 3. The Kier molecular flexibility index (Phi) is 3.11. The van der Waals surface area contributed by atoms with E-state index in [2.05, 4.69) is 47.6 Å². The van der Waals surface area contributed by atoms with E-state index in [1.807, 2.05) is 6.20 Å². The molecule has 0 fully saturated rings. The van der Waals surface area contributed by atoms with Crippen molar-refractivity contribution in [1.82, 2.24) is 10.2 Å². The summed E-state index contributed by atoms with van der Waals surface area (Å²) < 4.78 is 0. The Morgan fingerprint density at radius 3 is 2.53 bits per heavy atom. The zero-order chi connectivity index (χ0) is 10.7. The molecule has 15 heavy (non-hydrogen) atoms. The van der Waals surface area contributed by atoms with Crippen molar-refractivity contribution in [3.05, 3.63) is 47.3 Å². The zero-order valence-electron chi connectivity index (χ0n) is 8.95. The van der Waals surface area contributed by atoms with Crippen LogP contribution in [-0.2, 0) is 6.42 Å². The molecule has 0 unspecified atom stereocenters. The summed E-state index contributed by atoms with van der Waals surface area (Å²) in [7, 11) is 0. The molecule has 0 aliphatic carbocycles. The van der Waals surface area contributed by atoms with Crippen LogP contribution in [0.15, 0.2) is 35.4 Å². The number of aromatic amines is 1. The number of nitrogens with one attached hydrogen (secondary N) is 1. The minimum Gasteiger partial charge on any atom is -0.283 e. The summed E-state index contributed by atoms with van der Waals surface area (Å²) in [5.41, 5.74) is 3.76. The van der Waals surface area contributed by atoms with Crippen LogP contribution in [0.2, 0.25) is 0 Å². The molecular weight excluding hydrogens is 204 g/mol. The summed E-state index contributed by atoms with van der Waals surface area (Å²) in [6, 6.07) is 8.68. The number of aromatic nitrogens is 2. The molecule has 0 bridgehead atoms. The summed E-state index contributed by atoms with van der Waals surface area (Å²) in [6.07, 6.45) is 4.95. The third-order valence-electron chi connectivity index (χ3n) is 2.49. The first-order valence-corrected chi connectivity index (χ1v) is 6.14. The van der Waals surface area contributed by atoms with Gasteiger partial charge < -0.3 is 0 Å². The van der Waals surface area contributed by atoms with Gasteiger partial charge in [-0.05, 0) is 36.4 Å². The molecule has 0 amide bonds. The summed E-state index contributed by atoms with van der Waals surface area (Å²) in [6.45, 7) is 2.05. The number of aryl methyl sites for hydroxylation is 1. The van der Waals surface area contributed by atoms with Crippen molar-refractivity contribution < 1.29 is 0 Å². The van der Waals surface area contributed by atoms with E-state index in [-0.39, 0.29) is 0 Å². The van der Waals surface area contributed by atoms with E-state index in [4.69, 9.17) is 0 Å². The maximum absolute atomic E-state index is 4.02. The van der Waals surface area contributed by atoms with E-state index < -0.39 is 0 Å². The molecule has 2 aromatic rings. The van der Waals surface area contributed by atoms with E-state index in [1.54, 1.807) is 11.8 Å². The summed E-state index contributed by atoms with van der Waals surface area (Å²) in [5, 5.41) is 6.98. The lowest BCUT2D eigenvalue weighted by atomic mass is 10.1. The Morgan fingerprint density at radius 2 is 2.00 bits per heavy atom. The lowest BCUT2D eigenvalue weighted by molar-refractivity contribution is 1.04. The lowest BCUT2D eigenvalue weighted by Gasteiger charge is -2.01. The molecule has 1 aromatic heterocycles. The first kappa shape index (κ1) is 10.3. The van der Waals surface area contributed by atoms with Crippen molar-refractivity contribution in [2.24, 2.45) is 0 Å². The SMILES string of the molecule is CSc1ccc(Cc2cn[nH]c2C)cc1. The topological polar surface area (TPSA) is 28.7 Å². The fourth-order valence-corrected chi connectivity index (χ4v) is 1.93. The third kappa shape index (κ3) is 2.42. The van der Waals surface area contributed by atoms with E-state index in [0.29, 0.717) is 0 Å². The summed E-state index contributed by atoms with van der Waals surface area (Å²) in [4.78, 5) is 1.31. The van der Waals surface area contributed by atoms with Crippen LogP contribution in [0.4, 0.5) is 0 Å². The highest BCUT2D eigenvalue weighted by molar-refractivity contribution is 7.98. The fraction of sp³-hybridized carbons (Fsp3) is 0.250. The second kappa shape index (κ2) is 4.53. The average molecular weight is 218 g/mol. The van der Waals surface area contributed by atoms with Gasteiger partial charge in [0.15, 0.2) is 0 Å². The van der Waals surface area contributed by atoms with Crippen LogP contribution in [0.1, 0.15) is 16.8 Å². The fourth-order valence-electron chi connectivity index (χ4n) is 1.52. The van der Waals surface area contributed by atoms with Crippen molar-refractivity contribution in [2.75, 3.05) is 6.26 Å². The second-order valence-electron chi connectivity index (χ2n) is 3.55. The number of H-pyrrole nitrogens is 1. The van der Waals surface area contributed by atoms with Gasteiger partial charge in [-0.2, -0.15) is 5.10 Å². The van der Waals surface area contributed by atoms with Crippen LogP contribution in [0.3, 0.4) is 0 Å². The minimum atomic E-state index is 0.955. The van der Waals surface area contributed by atoms with Crippen LogP contribution < -0.4 is 0 Å². The number of nitrogens with zero attached hydrogens (tertiary/aromatic N) is 1. The number of thioether (sulfide) groups is 1. The Balaban J connectivity index is 2.14. The van der Waals surface area contributed by atoms with Gasteiger partial charge in [-0.3, -0.25) is 5.10 Å². The molecule has 0 saturated carbocycles. The van der Waals surface area contributed by atoms with Gasteiger partial charge in [-0.15, -0.1) is 11.8 Å². The highest BCUT2D eigenvalue weighted by Gasteiger charge is 2.01. The molecule has 1 heterocycles. The molecule has 1 N–H and O–H groups in total. The number of hydrogen-bond donors (Lipinski definition) is 1. The van der Waals surface area contributed by atoms with Crippen molar-refractivity contribution in [2.45, 2.75) is 18.2 Å². The van der Waals surface area contributed by atoms with Gasteiger partial charge >= 0.3 is 0 Å². The van der Waals surface area contributed by atoms with Crippen molar-refractivity contribution in [1.29, 1.82) is 0 Å². The standard InChI is InChI=1S/C12H14N2S/c1-9-11(8-13-14-9)7-10-3-5-12(15-2)6-4-10/h3-6,8H,7H2,1-2H3,(H,13,14). The van der Waals surface area contributed by atoms with Gasteiger partial charge in [-0.1, -0.05) is 12.1 Å². The molecule has 0 aliphatic heterocycles. The van der Waals surface area contributed by atoms with E-state index >= 15 is 0 Å². The monoisotopic (exact) mass is 218 g/mol. The highest BCUT2D eigenvalue weighted by Crippen LogP contribution is 2.17. The van der Waals surface area contributed by atoms with Crippen molar-refractivity contribution in [3.8, 4) is 0 Å². The smallest absolute Gasteiger partial charge is 0.0525 e. The molecule has 78 valence electrons. The minimum absolute atomic E-state index is 0.955. The van der Waals surface area contributed by atoms with Gasteiger partial charge in [0, 0.05) is 17.0 Å². The molecular formula is C12H14N2S. The summed E-state index contributed by atoms with van der Waals surface area (Å²) >= 11 is 1.77. The van der Waals surface area contributed by atoms with E-state index in [1.165, 1.54) is 16.0 Å². The Hall–Kier alpha value is -1.22. The first-order chi connectivity index (χ1) is 7.29. The first-order valence-electron chi connectivity index (χ1n) is 4.91. The van der Waals surface area contributed by atoms with Crippen molar-refractivity contribution >= 4 is 11.8 Å². The maximum Gasteiger partial charge on any atom is 0.0525 e. The average Bonchev–Trinajstić information content (AvgIpc) is 2.66. The zero-order valence-corrected chi connectivity index (χ0v) is 9.77. The molecule has 2 nitrogen and oxygen atoms in total. The highest BCUT2D eigenvalue weighted by atomic mass is 32.2. The second-order valence-corrected chi connectivity index (χ2v) is 4.42. The predicted molar refractivity (Wildman–Crippen MR) is 64.4 cm³/mol. The normalized spacial score (nSPS) is 10.5. The quantitative estimate of drug-likeness (QED) is 0.802. The molecule has 0 saturated heterocycles. The van der Waals surface area contributed by atoms with Gasteiger partial charge in [0.25, 0.3) is 0 Å². The van der Waals surface area contributed by atoms with Crippen LogP contribution in [0.25, 0.3) is 0 Å². The molecule has 0 aliphatic rings. The Morgan fingerprint density at radius 1 is 1.27 bits per heavy atom. The molecule has 0 atom stereocenters. The number of hydrogen-bond acceptors (Lipinski definition) is 2. The van der Waals surface area contributed by atoms with Crippen LogP contribution in [0, 0.1) is 6.92 Å². The van der Waals surface area contributed by atoms with Gasteiger partial charge in [0.2, 0.25) is 0 Å². The third-order valence-corrected chi connectivity index (χ3v) is 3.23. The van der Waals surface area contributed by atoms with Crippen molar-refractivity contribution in [3.63, 3.8) is 0 Å². The molecule has 0 radical (unpaired) electrons. The number of benzene rings is 1. The van der Waals surface area contributed by atoms with E-state index in [0.717, 1.165) is 12.1 Å². The van der Waals surface area contributed by atoms with Gasteiger partial charge in [-0.25, -0.2) is 0 Å². The summed E-state index contributed by atoms with van der Waals surface area (Å²) in [5.74, 6) is 0. The molecule has 0 spiro atoms. The molecule has 1 aromatic carbocycles. The van der Waals surface area contributed by atoms with Crippen LogP contribution in [-0.4, -0.2) is 16.5 Å². The maximum atomic E-state index is 4.02. The molecule has 3 heteroatoms. The molecule has 2 rings (SSSR count). The largest absolute Gasteiger partial charge is 0.283 e. The van der Waals surface area contributed by atoms with Crippen LogP contribution in [0.5, 0.6) is 0 Å². The predicted octanol–water partition coefficient (Wildman–Crippen LogP) is 3.03. The Bertz CT molecular complexity index is 431. The van der Waals surface area contributed by atoms with Crippen LogP contribution >= 0.6 is 11.8 Å². The van der Waals surface area contributed by atoms with E-state index in [9.17, 15) is 0 Å².